The molecular weight excluding hydrogens is 288 g/mol. The number of carbonyl (C=O) groups is 1. The number of amides is 1. The van der Waals surface area contributed by atoms with Gasteiger partial charge in [-0.05, 0) is 37.8 Å². The number of likely N-dealkylation sites (tertiary alicyclic amines) is 1. The summed E-state index contributed by atoms with van der Waals surface area (Å²) in [6.45, 7) is 5.16. The van der Waals surface area contributed by atoms with Gasteiger partial charge in [0, 0.05) is 13.1 Å². The summed E-state index contributed by atoms with van der Waals surface area (Å²) in [6.07, 6.45) is 2.13. The molecule has 5 nitrogen and oxygen atoms in total. The predicted octanol–water partition coefficient (Wildman–Crippen LogP) is 2.32. The van der Waals surface area contributed by atoms with Gasteiger partial charge >= 0.3 is 0 Å². The molecule has 1 fully saturated rings. The van der Waals surface area contributed by atoms with Crippen molar-refractivity contribution in [3.63, 3.8) is 0 Å². The zero-order chi connectivity index (χ0) is 15.5. The molecule has 1 aromatic carbocycles. The van der Waals surface area contributed by atoms with Gasteiger partial charge in [-0.3, -0.25) is 9.52 Å². The maximum absolute atomic E-state index is 12.6. The number of nitrogens with one attached hydrogen (secondary N) is 1. The predicted molar refractivity (Wildman–Crippen MR) is 83.8 cm³/mol. The Bertz CT molecular complexity index is 613. The van der Waals surface area contributed by atoms with Crippen LogP contribution >= 0.6 is 0 Å². The van der Waals surface area contributed by atoms with Crippen LogP contribution in [0.1, 0.15) is 37.0 Å². The first-order valence-electron chi connectivity index (χ1n) is 7.31. The van der Waals surface area contributed by atoms with E-state index >= 15 is 0 Å². The molecule has 1 atom stereocenters. The molecule has 1 aliphatic heterocycles. The van der Waals surface area contributed by atoms with E-state index in [1.807, 2.05) is 4.90 Å². The summed E-state index contributed by atoms with van der Waals surface area (Å²) in [5, 5.41) is 0. The minimum absolute atomic E-state index is 0.0176. The molecule has 6 heteroatoms. The fraction of sp³-hybridized carbons (Fsp3) is 0.533. The standard InChI is InChI=1S/C15H22N2O3S/c1-3-21(19,20)16-14-9-5-4-8-13(14)15(18)17-10-6-7-12(2)11-17/h4-5,8-9,12,16H,3,6-7,10-11H2,1-2H3. The van der Waals surface area contributed by atoms with Crippen LogP contribution in [0.3, 0.4) is 0 Å². The summed E-state index contributed by atoms with van der Waals surface area (Å²) in [4.78, 5) is 14.4. The lowest BCUT2D eigenvalue weighted by molar-refractivity contribution is 0.0684. The number of rotatable bonds is 4. The van der Waals surface area contributed by atoms with E-state index in [4.69, 9.17) is 0 Å². The lowest BCUT2D eigenvalue weighted by Gasteiger charge is -2.31. The third-order valence-electron chi connectivity index (χ3n) is 3.75. The van der Waals surface area contributed by atoms with Crippen LogP contribution in [0.2, 0.25) is 0 Å². The van der Waals surface area contributed by atoms with Gasteiger partial charge in [-0.25, -0.2) is 8.42 Å². The fourth-order valence-corrected chi connectivity index (χ4v) is 3.20. The smallest absolute Gasteiger partial charge is 0.255 e. The van der Waals surface area contributed by atoms with Crippen molar-refractivity contribution in [3.05, 3.63) is 29.8 Å². The van der Waals surface area contributed by atoms with Crippen molar-refractivity contribution in [2.75, 3.05) is 23.6 Å². The third-order valence-corrected chi connectivity index (χ3v) is 5.04. The van der Waals surface area contributed by atoms with Gasteiger partial charge in [-0.2, -0.15) is 0 Å². The van der Waals surface area contributed by atoms with Crippen molar-refractivity contribution < 1.29 is 13.2 Å². The molecule has 2 rings (SSSR count). The molecule has 1 aliphatic rings. The van der Waals surface area contributed by atoms with Gasteiger partial charge in [0.05, 0.1) is 17.0 Å². The maximum atomic E-state index is 12.6. The number of sulfonamides is 1. The second-order valence-electron chi connectivity index (χ2n) is 5.55. The Morgan fingerprint density at radius 3 is 2.76 bits per heavy atom. The molecule has 116 valence electrons. The molecule has 1 unspecified atom stereocenters. The molecule has 0 bridgehead atoms. The Hall–Kier alpha value is -1.56. The highest BCUT2D eigenvalue weighted by Crippen LogP contribution is 2.22. The molecule has 1 aromatic rings. The van der Waals surface area contributed by atoms with E-state index in [0.717, 1.165) is 25.9 Å². The molecule has 21 heavy (non-hydrogen) atoms. The van der Waals surface area contributed by atoms with Crippen LogP contribution in [-0.2, 0) is 10.0 Å². The van der Waals surface area contributed by atoms with E-state index in [1.165, 1.54) is 0 Å². The first kappa shape index (κ1) is 15.8. The number of carbonyl (C=O) groups excluding carboxylic acids is 1. The summed E-state index contributed by atoms with van der Waals surface area (Å²) in [5.74, 6) is 0.370. The van der Waals surface area contributed by atoms with Crippen LogP contribution in [0.4, 0.5) is 5.69 Å². The normalized spacial score (nSPS) is 19.3. The number of nitrogens with zero attached hydrogens (tertiary/aromatic N) is 1. The Balaban J connectivity index is 2.25. The zero-order valence-electron chi connectivity index (χ0n) is 12.5. The molecule has 1 saturated heterocycles. The summed E-state index contributed by atoms with van der Waals surface area (Å²) in [5.41, 5.74) is 0.784. The summed E-state index contributed by atoms with van der Waals surface area (Å²) in [6, 6.07) is 6.79. The van der Waals surface area contributed by atoms with E-state index in [9.17, 15) is 13.2 Å². The summed E-state index contributed by atoms with van der Waals surface area (Å²) < 4.78 is 26.0. The van der Waals surface area contributed by atoms with Crippen molar-refractivity contribution in [3.8, 4) is 0 Å². The average molecular weight is 310 g/mol. The molecule has 0 aliphatic carbocycles. The van der Waals surface area contributed by atoms with Crippen LogP contribution in [-0.4, -0.2) is 38.1 Å². The van der Waals surface area contributed by atoms with Crippen molar-refractivity contribution in [1.82, 2.24) is 4.90 Å². The Labute approximate surface area is 126 Å². The van der Waals surface area contributed by atoms with Gasteiger partial charge in [-0.15, -0.1) is 0 Å². The fourth-order valence-electron chi connectivity index (χ4n) is 2.54. The highest BCUT2D eigenvalue weighted by atomic mass is 32.2. The van der Waals surface area contributed by atoms with Gasteiger partial charge in [0.15, 0.2) is 0 Å². The molecule has 0 aromatic heterocycles. The molecule has 1 heterocycles. The van der Waals surface area contributed by atoms with Crippen LogP contribution < -0.4 is 4.72 Å². The molecule has 1 amide bonds. The van der Waals surface area contributed by atoms with Crippen molar-refractivity contribution in [2.24, 2.45) is 5.92 Å². The van der Waals surface area contributed by atoms with Gasteiger partial charge < -0.3 is 4.90 Å². The lowest BCUT2D eigenvalue weighted by atomic mass is 9.99. The molecule has 1 N–H and O–H groups in total. The monoisotopic (exact) mass is 310 g/mol. The first-order valence-corrected chi connectivity index (χ1v) is 8.97. The number of para-hydroxylation sites is 1. The molecule has 0 spiro atoms. The number of anilines is 1. The zero-order valence-corrected chi connectivity index (χ0v) is 13.3. The highest BCUT2D eigenvalue weighted by molar-refractivity contribution is 7.92. The highest BCUT2D eigenvalue weighted by Gasteiger charge is 2.24. The SMILES string of the molecule is CCS(=O)(=O)Nc1ccccc1C(=O)N1CCCC(C)C1. The first-order chi connectivity index (χ1) is 9.93. The van der Waals surface area contributed by atoms with Gasteiger partial charge in [0.2, 0.25) is 10.0 Å². The van der Waals surface area contributed by atoms with E-state index in [1.54, 1.807) is 31.2 Å². The van der Waals surface area contributed by atoms with Gasteiger partial charge in [0.1, 0.15) is 0 Å². The largest absolute Gasteiger partial charge is 0.338 e. The van der Waals surface area contributed by atoms with E-state index < -0.39 is 10.0 Å². The number of benzene rings is 1. The third kappa shape index (κ3) is 3.97. The summed E-state index contributed by atoms with van der Waals surface area (Å²) >= 11 is 0. The van der Waals surface area contributed by atoms with E-state index in [2.05, 4.69) is 11.6 Å². The lowest BCUT2D eigenvalue weighted by Crippen LogP contribution is -2.39. The average Bonchev–Trinajstić information content (AvgIpc) is 2.47. The molecule has 0 radical (unpaired) electrons. The van der Waals surface area contributed by atoms with Crippen molar-refractivity contribution in [1.29, 1.82) is 0 Å². The van der Waals surface area contributed by atoms with Crippen molar-refractivity contribution in [2.45, 2.75) is 26.7 Å². The second kappa shape index (κ2) is 6.47. The Kier molecular flexibility index (Phi) is 4.88. The second-order valence-corrected chi connectivity index (χ2v) is 7.56. The molecule has 0 saturated carbocycles. The number of hydrogen-bond donors (Lipinski definition) is 1. The van der Waals surface area contributed by atoms with Crippen LogP contribution in [0.25, 0.3) is 0 Å². The topological polar surface area (TPSA) is 66.5 Å². The van der Waals surface area contributed by atoms with E-state index in [-0.39, 0.29) is 11.7 Å². The number of hydrogen-bond acceptors (Lipinski definition) is 3. The van der Waals surface area contributed by atoms with Crippen LogP contribution in [0, 0.1) is 5.92 Å². The van der Waals surface area contributed by atoms with Gasteiger partial charge in [-0.1, -0.05) is 19.1 Å². The van der Waals surface area contributed by atoms with Crippen LogP contribution in [0.15, 0.2) is 24.3 Å². The van der Waals surface area contributed by atoms with E-state index in [0.29, 0.717) is 17.2 Å². The Morgan fingerprint density at radius 2 is 2.10 bits per heavy atom. The number of piperidine rings is 1. The minimum Gasteiger partial charge on any atom is -0.338 e. The Morgan fingerprint density at radius 1 is 1.38 bits per heavy atom. The maximum Gasteiger partial charge on any atom is 0.255 e. The minimum atomic E-state index is -3.39. The van der Waals surface area contributed by atoms with Crippen molar-refractivity contribution >= 4 is 21.6 Å². The van der Waals surface area contributed by atoms with Gasteiger partial charge in [0.25, 0.3) is 5.91 Å². The molecular formula is C15H22N2O3S. The summed E-state index contributed by atoms with van der Waals surface area (Å²) in [7, 11) is -3.39. The van der Waals surface area contributed by atoms with Crippen LogP contribution in [0.5, 0.6) is 0 Å². The quantitative estimate of drug-likeness (QED) is 0.928.